The summed E-state index contributed by atoms with van der Waals surface area (Å²) in [6.45, 7) is 6.97. The van der Waals surface area contributed by atoms with Gasteiger partial charge in [-0.2, -0.15) is 5.26 Å². The first-order valence-electron chi connectivity index (χ1n) is 11.2. The third-order valence-electron chi connectivity index (χ3n) is 5.77. The van der Waals surface area contributed by atoms with Crippen LogP contribution in [-0.4, -0.2) is 17.8 Å². The minimum Gasteiger partial charge on any atom is -0.490 e. The Morgan fingerprint density at radius 3 is 2.44 bits per heavy atom. The molecule has 2 N–H and O–H groups in total. The van der Waals surface area contributed by atoms with Gasteiger partial charge in [-0.15, -0.1) is 0 Å². The van der Waals surface area contributed by atoms with E-state index < -0.39 is 5.92 Å². The fourth-order valence-electron chi connectivity index (χ4n) is 4.23. The van der Waals surface area contributed by atoms with Crippen LogP contribution in [0.4, 0.5) is 0 Å². The van der Waals surface area contributed by atoms with Gasteiger partial charge >= 0.3 is 0 Å². The Balaban J connectivity index is 1.91. The van der Waals surface area contributed by atoms with E-state index in [0.717, 1.165) is 11.3 Å². The van der Waals surface area contributed by atoms with E-state index in [1.165, 1.54) is 0 Å². The lowest BCUT2D eigenvalue weighted by molar-refractivity contribution is 0.287. The average molecular weight is 458 g/mol. The molecule has 0 saturated carbocycles. The van der Waals surface area contributed by atoms with Gasteiger partial charge < -0.3 is 24.5 Å². The molecule has 0 aliphatic carbocycles. The number of fused-ring (bicyclic) bond motifs is 1. The van der Waals surface area contributed by atoms with Crippen LogP contribution in [0.3, 0.4) is 0 Å². The average Bonchev–Trinajstić information content (AvgIpc) is 2.83. The second-order valence-electron chi connectivity index (χ2n) is 7.94. The molecule has 7 heteroatoms. The molecule has 0 bridgehead atoms. The van der Waals surface area contributed by atoms with Gasteiger partial charge in [-0.3, -0.25) is 4.79 Å². The SMILES string of the molecule is CCOc1ccc(C2C(C#N)=C(N)Oc3cc(C)n(Cc4ccccc4)c(=O)c32)cc1OCC. The van der Waals surface area contributed by atoms with Crippen LogP contribution in [-0.2, 0) is 6.54 Å². The highest BCUT2D eigenvalue weighted by molar-refractivity contribution is 5.57. The van der Waals surface area contributed by atoms with Gasteiger partial charge in [0.1, 0.15) is 17.4 Å². The molecule has 0 saturated heterocycles. The summed E-state index contributed by atoms with van der Waals surface area (Å²) in [6, 6.07) is 19.1. The molecule has 1 aliphatic heterocycles. The second-order valence-corrected chi connectivity index (χ2v) is 7.94. The zero-order valence-electron chi connectivity index (χ0n) is 19.5. The van der Waals surface area contributed by atoms with Crippen molar-refractivity contribution in [1.29, 1.82) is 5.26 Å². The van der Waals surface area contributed by atoms with Gasteiger partial charge in [0.15, 0.2) is 11.5 Å². The van der Waals surface area contributed by atoms with Crippen molar-refractivity contribution in [2.75, 3.05) is 13.2 Å². The number of aromatic nitrogens is 1. The molecule has 34 heavy (non-hydrogen) atoms. The van der Waals surface area contributed by atoms with E-state index in [4.69, 9.17) is 19.9 Å². The molecule has 1 unspecified atom stereocenters. The van der Waals surface area contributed by atoms with E-state index in [1.807, 2.05) is 57.2 Å². The molecule has 174 valence electrons. The molecule has 2 heterocycles. The van der Waals surface area contributed by atoms with Gasteiger partial charge in [0, 0.05) is 11.8 Å². The fourth-order valence-corrected chi connectivity index (χ4v) is 4.23. The van der Waals surface area contributed by atoms with E-state index in [2.05, 4.69) is 6.07 Å². The molecular weight excluding hydrogens is 430 g/mol. The van der Waals surface area contributed by atoms with E-state index in [9.17, 15) is 10.1 Å². The summed E-state index contributed by atoms with van der Waals surface area (Å²) in [5, 5.41) is 9.95. The number of allylic oxidation sites excluding steroid dienone is 1. The minimum atomic E-state index is -0.696. The third-order valence-corrected chi connectivity index (χ3v) is 5.77. The number of benzene rings is 2. The lowest BCUT2D eigenvalue weighted by Gasteiger charge is -2.28. The Kier molecular flexibility index (Phi) is 6.60. The minimum absolute atomic E-state index is 0.00791. The summed E-state index contributed by atoms with van der Waals surface area (Å²) in [6.07, 6.45) is 0. The van der Waals surface area contributed by atoms with Crippen molar-refractivity contribution < 1.29 is 14.2 Å². The zero-order chi connectivity index (χ0) is 24.2. The van der Waals surface area contributed by atoms with E-state index >= 15 is 0 Å². The van der Waals surface area contributed by atoms with Crippen LogP contribution >= 0.6 is 0 Å². The molecule has 0 amide bonds. The van der Waals surface area contributed by atoms with Crippen molar-refractivity contribution in [2.24, 2.45) is 5.73 Å². The summed E-state index contributed by atoms with van der Waals surface area (Å²) in [5.74, 6) is 0.800. The summed E-state index contributed by atoms with van der Waals surface area (Å²) >= 11 is 0. The molecule has 2 aromatic carbocycles. The molecular formula is C27H27N3O4. The van der Waals surface area contributed by atoms with Gasteiger partial charge in [0.05, 0.1) is 31.2 Å². The number of nitriles is 1. The van der Waals surface area contributed by atoms with Crippen molar-refractivity contribution in [3.8, 4) is 23.3 Å². The molecule has 0 fully saturated rings. The lowest BCUT2D eigenvalue weighted by Crippen LogP contribution is -2.33. The van der Waals surface area contributed by atoms with Gasteiger partial charge in [-0.25, -0.2) is 0 Å². The van der Waals surface area contributed by atoms with Gasteiger partial charge in [-0.05, 0) is 44.0 Å². The maximum atomic E-state index is 13.8. The maximum absolute atomic E-state index is 13.8. The highest BCUT2D eigenvalue weighted by atomic mass is 16.5. The molecule has 1 aromatic heterocycles. The highest BCUT2D eigenvalue weighted by Crippen LogP contribution is 2.42. The molecule has 0 radical (unpaired) electrons. The number of rotatable bonds is 7. The van der Waals surface area contributed by atoms with Crippen LogP contribution in [0.15, 0.2) is 70.8 Å². The Labute approximate surface area is 198 Å². The summed E-state index contributed by atoms with van der Waals surface area (Å²) in [5.41, 5.74) is 8.90. The van der Waals surface area contributed by atoms with Gasteiger partial charge in [-0.1, -0.05) is 36.4 Å². The molecule has 3 aromatic rings. The predicted octanol–water partition coefficient (Wildman–Crippen LogP) is 4.22. The Morgan fingerprint density at radius 1 is 1.06 bits per heavy atom. The largest absolute Gasteiger partial charge is 0.490 e. The van der Waals surface area contributed by atoms with Gasteiger partial charge in [0.2, 0.25) is 5.88 Å². The van der Waals surface area contributed by atoms with Crippen LogP contribution in [0.25, 0.3) is 0 Å². The van der Waals surface area contributed by atoms with Crippen LogP contribution in [0.1, 0.15) is 42.1 Å². The van der Waals surface area contributed by atoms with Crippen molar-refractivity contribution in [2.45, 2.75) is 33.2 Å². The Bertz CT molecular complexity index is 1340. The molecule has 7 nitrogen and oxygen atoms in total. The smallest absolute Gasteiger partial charge is 0.259 e. The Morgan fingerprint density at radius 2 is 1.76 bits per heavy atom. The van der Waals surface area contributed by atoms with Crippen LogP contribution in [0.2, 0.25) is 0 Å². The second kappa shape index (κ2) is 9.75. The first kappa shape index (κ1) is 23.0. The van der Waals surface area contributed by atoms with E-state index in [0.29, 0.717) is 48.1 Å². The van der Waals surface area contributed by atoms with Crippen molar-refractivity contribution in [3.63, 3.8) is 0 Å². The van der Waals surface area contributed by atoms with Crippen LogP contribution in [0, 0.1) is 18.3 Å². The standard InChI is InChI=1S/C27H27N3O4/c1-4-32-21-12-11-19(14-22(21)33-5-2)24-20(15-28)26(29)34-23-13-17(3)30(27(31)25(23)24)16-18-9-7-6-8-10-18/h6-14,24H,4-5,16,29H2,1-3H3. The van der Waals surface area contributed by atoms with Crippen LogP contribution in [0.5, 0.6) is 17.2 Å². The third kappa shape index (κ3) is 4.23. The van der Waals surface area contributed by atoms with Crippen LogP contribution < -0.4 is 25.5 Å². The molecule has 4 rings (SSSR count). The number of ether oxygens (including phenoxy) is 3. The first-order valence-corrected chi connectivity index (χ1v) is 11.2. The normalized spacial score (nSPS) is 14.7. The number of hydrogen-bond donors (Lipinski definition) is 1. The first-order chi connectivity index (χ1) is 16.5. The quantitative estimate of drug-likeness (QED) is 0.570. The maximum Gasteiger partial charge on any atom is 0.259 e. The number of hydrogen-bond acceptors (Lipinski definition) is 6. The summed E-state index contributed by atoms with van der Waals surface area (Å²) < 4.78 is 18.9. The molecule has 1 atom stereocenters. The predicted molar refractivity (Wildman–Crippen MR) is 129 cm³/mol. The fraction of sp³-hybridized carbons (Fsp3) is 0.259. The van der Waals surface area contributed by atoms with E-state index in [1.54, 1.807) is 22.8 Å². The van der Waals surface area contributed by atoms with Crippen molar-refractivity contribution in [3.05, 3.63) is 98.8 Å². The van der Waals surface area contributed by atoms with Crippen molar-refractivity contribution in [1.82, 2.24) is 4.57 Å². The van der Waals surface area contributed by atoms with Gasteiger partial charge in [0.25, 0.3) is 5.56 Å². The molecule has 1 aliphatic rings. The number of nitrogens with zero attached hydrogens (tertiary/aromatic N) is 2. The Hall–Kier alpha value is -4.18. The summed E-state index contributed by atoms with van der Waals surface area (Å²) in [4.78, 5) is 13.8. The number of aryl methyl sites for hydroxylation is 1. The number of pyridine rings is 1. The topological polar surface area (TPSA) is 99.5 Å². The lowest BCUT2D eigenvalue weighted by atomic mass is 9.83. The number of nitrogens with two attached hydrogens (primary N) is 1. The highest BCUT2D eigenvalue weighted by Gasteiger charge is 2.35. The zero-order valence-corrected chi connectivity index (χ0v) is 19.5. The molecule has 0 spiro atoms. The van der Waals surface area contributed by atoms with E-state index in [-0.39, 0.29) is 17.0 Å². The summed E-state index contributed by atoms with van der Waals surface area (Å²) in [7, 11) is 0. The monoisotopic (exact) mass is 457 g/mol. The van der Waals surface area contributed by atoms with Crippen molar-refractivity contribution >= 4 is 0 Å².